The Hall–Kier alpha value is -3.61. The predicted molar refractivity (Wildman–Crippen MR) is 92.2 cm³/mol. The zero-order valence-corrected chi connectivity index (χ0v) is 13.5. The summed E-state index contributed by atoms with van der Waals surface area (Å²) in [4.78, 5) is 23.1. The maximum Gasteiger partial charge on any atom is 0.412 e. The van der Waals surface area contributed by atoms with E-state index in [2.05, 4.69) is 15.0 Å². The van der Waals surface area contributed by atoms with Crippen molar-refractivity contribution in [1.29, 1.82) is 0 Å². The number of carboxylic acids is 1. The van der Waals surface area contributed by atoms with E-state index in [1.165, 1.54) is 0 Å². The Labute approximate surface area is 148 Å². The second-order valence-corrected chi connectivity index (χ2v) is 5.83. The van der Waals surface area contributed by atoms with Gasteiger partial charge in [0.15, 0.2) is 5.82 Å². The number of nitrogens with one attached hydrogen (secondary N) is 1. The van der Waals surface area contributed by atoms with E-state index in [-0.39, 0.29) is 23.9 Å². The minimum absolute atomic E-state index is 0.0793. The first kappa shape index (κ1) is 15.9. The topological polar surface area (TPSA) is 102 Å². The molecule has 26 heavy (non-hydrogen) atoms. The van der Waals surface area contributed by atoms with Gasteiger partial charge in [0.05, 0.1) is 0 Å². The van der Waals surface area contributed by atoms with E-state index in [9.17, 15) is 9.59 Å². The second-order valence-electron chi connectivity index (χ2n) is 5.83. The molecule has 0 spiro atoms. The third-order valence-electron chi connectivity index (χ3n) is 4.36. The Kier molecular flexibility index (Phi) is 3.89. The molecule has 0 saturated carbocycles. The Morgan fingerprint density at radius 1 is 1.08 bits per heavy atom. The summed E-state index contributed by atoms with van der Waals surface area (Å²) in [6, 6.07) is 16.0. The average molecular weight is 350 g/mol. The van der Waals surface area contributed by atoms with Crippen molar-refractivity contribution in [3.8, 4) is 11.1 Å². The fourth-order valence-electron chi connectivity index (χ4n) is 3.21. The molecule has 2 N–H and O–H groups in total. The summed E-state index contributed by atoms with van der Waals surface area (Å²) in [5.74, 6) is -1.51. The lowest BCUT2D eigenvalue weighted by molar-refractivity contribution is 0.0697. The summed E-state index contributed by atoms with van der Waals surface area (Å²) in [5.41, 5.74) is 4.20. The lowest BCUT2D eigenvalue weighted by atomic mass is 9.98. The van der Waals surface area contributed by atoms with Gasteiger partial charge < -0.3 is 14.4 Å². The van der Waals surface area contributed by atoms with Crippen molar-refractivity contribution in [2.45, 2.75) is 5.92 Å². The molecule has 0 saturated heterocycles. The molecule has 0 aliphatic heterocycles. The standard InChI is InChI=1S/C19H14N2O5/c22-18(23)16-10-26-21-17(16)20-19(24)25-9-15-13-7-3-1-5-11(13)12-6-2-4-8-14(12)15/h1-8,10,15H,9H2,(H,22,23)(H,20,21,24). The first-order valence-corrected chi connectivity index (χ1v) is 7.95. The zero-order valence-electron chi connectivity index (χ0n) is 13.5. The van der Waals surface area contributed by atoms with Gasteiger partial charge in [-0.15, -0.1) is 0 Å². The number of benzene rings is 2. The van der Waals surface area contributed by atoms with Crippen LogP contribution in [0, 0.1) is 0 Å². The monoisotopic (exact) mass is 350 g/mol. The van der Waals surface area contributed by atoms with Crippen molar-refractivity contribution in [3.05, 3.63) is 71.5 Å². The van der Waals surface area contributed by atoms with Crippen molar-refractivity contribution in [2.24, 2.45) is 0 Å². The van der Waals surface area contributed by atoms with Crippen molar-refractivity contribution in [3.63, 3.8) is 0 Å². The maximum atomic E-state index is 12.1. The lowest BCUT2D eigenvalue weighted by Crippen LogP contribution is -2.19. The summed E-state index contributed by atoms with van der Waals surface area (Å²) >= 11 is 0. The summed E-state index contributed by atoms with van der Waals surface area (Å²) in [5, 5.41) is 14.8. The van der Waals surface area contributed by atoms with Crippen LogP contribution in [0.1, 0.15) is 27.4 Å². The normalized spacial score (nSPS) is 12.3. The Morgan fingerprint density at radius 2 is 1.69 bits per heavy atom. The number of hydrogen-bond acceptors (Lipinski definition) is 5. The smallest absolute Gasteiger partial charge is 0.412 e. The van der Waals surface area contributed by atoms with Gasteiger partial charge in [-0.1, -0.05) is 53.7 Å². The predicted octanol–water partition coefficient (Wildman–Crippen LogP) is 3.73. The van der Waals surface area contributed by atoms with Gasteiger partial charge in [-0.05, 0) is 22.3 Å². The highest BCUT2D eigenvalue weighted by Gasteiger charge is 2.29. The van der Waals surface area contributed by atoms with Crippen LogP contribution in [-0.4, -0.2) is 28.9 Å². The molecule has 4 rings (SSSR count). The Balaban J connectivity index is 1.50. The van der Waals surface area contributed by atoms with Gasteiger partial charge in [-0.25, -0.2) is 9.59 Å². The molecule has 0 radical (unpaired) electrons. The Bertz CT molecular complexity index is 949. The maximum absolute atomic E-state index is 12.1. The second kappa shape index (κ2) is 6.36. The van der Waals surface area contributed by atoms with Crippen LogP contribution in [0.2, 0.25) is 0 Å². The van der Waals surface area contributed by atoms with Crippen LogP contribution in [0.3, 0.4) is 0 Å². The quantitative estimate of drug-likeness (QED) is 0.743. The molecule has 1 heterocycles. The number of fused-ring (bicyclic) bond motifs is 3. The van der Waals surface area contributed by atoms with E-state index >= 15 is 0 Å². The molecule has 1 amide bonds. The van der Waals surface area contributed by atoms with Gasteiger partial charge >= 0.3 is 12.1 Å². The van der Waals surface area contributed by atoms with Crippen LogP contribution in [0.5, 0.6) is 0 Å². The third-order valence-corrected chi connectivity index (χ3v) is 4.36. The number of aromatic carboxylic acids is 1. The minimum atomic E-state index is -1.25. The van der Waals surface area contributed by atoms with Gasteiger partial charge in [0.25, 0.3) is 0 Å². The fourth-order valence-corrected chi connectivity index (χ4v) is 3.21. The van der Waals surface area contributed by atoms with Crippen LogP contribution >= 0.6 is 0 Å². The molecule has 2 aromatic carbocycles. The molecular weight excluding hydrogens is 336 g/mol. The van der Waals surface area contributed by atoms with Crippen molar-refractivity contribution in [2.75, 3.05) is 11.9 Å². The van der Waals surface area contributed by atoms with E-state index in [0.717, 1.165) is 28.5 Å². The molecule has 1 aromatic heterocycles. The first-order chi connectivity index (χ1) is 12.6. The molecule has 7 heteroatoms. The number of nitrogens with zero attached hydrogens (tertiary/aromatic N) is 1. The Morgan fingerprint density at radius 3 is 2.31 bits per heavy atom. The van der Waals surface area contributed by atoms with Crippen LogP contribution in [0.4, 0.5) is 10.6 Å². The highest BCUT2D eigenvalue weighted by atomic mass is 16.5. The number of carboxylic acid groups (broad SMARTS) is 1. The molecule has 130 valence electrons. The largest absolute Gasteiger partial charge is 0.477 e. The summed E-state index contributed by atoms with van der Waals surface area (Å²) < 4.78 is 9.90. The number of anilines is 1. The number of carbonyl (C=O) groups is 2. The van der Waals surface area contributed by atoms with Gasteiger partial charge in [-0.2, -0.15) is 0 Å². The van der Waals surface area contributed by atoms with Crippen LogP contribution in [-0.2, 0) is 4.74 Å². The number of carbonyl (C=O) groups excluding carboxylic acids is 1. The number of aromatic nitrogens is 1. The zero-order chi connectivity index (χ0) is 18.1. The summed E-state index contributed by atoms with van der Waals surface area (Å²) in [6.07, 6.45) is 0.157. The van der Waals surface area contributed by atoms with E-state index in [1.54, 1.807) is 0 Å². The van der Waals surface area contributed by atoms with E-state index in [0.29, 0.717) is 0 Å². The van der Waals surface area contributed by atoms with Gasteiger partial charge in [0, 0.05) is 5.92 Å². The van der Waals surface area contributed by atoms with Crippen molar-refractivity contribution in [1.82, 2.24) is 5.16 Å². The molecule has 7 nitrogen and oxygen atoms in total. The summed E-state index contributed by atoms with van der Waals surface area (Å²) in [6.45, 7) is 0.125. The van der Waals surface area contributed by atoms with Crippen molar-refractivity contribution < 1.29 is 24.0 Å². The molecule has 3 aromatic rings. The summed E-state index contributed by atoms with van der Waals surface area (Å²) in [7, 11) is 0. The van der Waals surface area contributed by atoms with Crippen LogP contribution in [0.25, 0.3) is 11.1 Å². The van der Waals surface area contributed by atoms with E-state index in [1.807, 2.05) is 48.5 Å². The van der Waals surface area contributed by atoms with E-state index < -0.39 is 12.1 Å². The molecule has 1 aliphatic rings. The van der Waals surface area contributed by atoms with Crippen LogP contribution < -0.4 is 5.32 Å². The van der Waals surface area contributed by atoms with Gasteiger partial charge in [0.1, 0.15) is 18.4 Å². The van der Waals surface area contributed by atoms with E-state index in [4.69, 9.17) is 9.84 Å². The number of ether oxygens (including phenoxy) is 1. The highest BCUT2D eigenvalue weighted by Crippen LogP contribution is 2.44. The average Bonchev–Trinajstić information content (AvgIpc) is 3.23. The molecule has 0 atom stereocenters. The number of hydrogen-bond donors (Lipinski definition) is 2. The molecule has 1 aliphatic carbocycles. The van der Waals surface area contributed by atoms with Gasteiger partial charge in [0.2, 0.25) is 0 Å². The molecule has 0 unspecified atom stereocenters. The molecule has 0 bridgehead atoms. The molecular formula is C19H14N2O5. The first-order valence-electron chi connectivity index (χ1n) is 7.95. The third kappa shape index (κ3) is 2.69. The van der Waals surface area contributed by atoms with Crippen LogP contribution in [0.15, 0.2) is 59.3 Å². The van der Waals surface area contributed by atoms with Crippen molar-refractivity contribution >= 4 is 17.9 Å². The number of rotatable bonds is 4. The van der Waals surface area contributed by atoms with Gasteiger partial charge in [-0.3, -0.25) is 5.32 Å². The minimum Gasteiger partial charge on any atom is -0.477 e. The highest BCUT2D eigenvalue weighted by molar-refractivity contribution is 5.96. The molecule has 0 fully saturated rings. The SMILES string of the molecule is O=C(Nc1nocc1C(=O)O)OCC1c2ccccc2-c2ccccc21. The number of amides is 1. The fraction of sp³-hybridized carbons (Fsp3) is 0.105. The lowest BCUT2D eigenvalue weighted by Gasteiger charge is -2.14.